The van der Waals surface area contributed by atoms with Gasteiger partial charge in [-0.2, -0.15) is 18.4 Å². The Hall–Kier alpha value is -1.54. The van der Waals surface area contributed by atoms with E-state index in [2.05, 4.69) is 0 Å². The smallest absolute Gasteiger partial charge is 0.385 e. The lowest BCUT2D eigenvalue weighted by Crippen LogP contribution is -2.11. The van der Waals surface area contributed by atoms with Crippen molar-refractivity contribution >= 4 is 0 Å². The number of halogens is 3. The molecular formula is C9H5F3NO. The van der Waals surface area contributed by atoms with Gasteiger partial charge in [-0.05, 0) is 11.6 Å². The minimum atomic E-state index is -4.64. The van der Waals surface area contributed by atoms with E-state index in [0.717, 1.165) is 12.1 Å². The lowest BCUT2D eigenvalue weighted by Gasteiger charge is -2.11. The summed E-state index contributed by atoms with van der Waals surface area (Å²) in [5, 5.41) is 17.0. The van der Waals surface area contributed by atoms with E-state index in [1.807, 2.05) is 0 Å². The van der Waals surface area contributed by atoms with Gasteiger partial charge in [0.15, 0.2) is 0 Å². The lowest BCUT2D eigenvalue weighted by atomic mass is 10.0. The summed E-state index contributed by atoms with van der Waals surface area (Å²) in [5.74, 6) is 0. The van der Waals surface area contributed by atoms with Gasteiger partial charge < -0.3 is 5.11 Å². The number of benzene rings is 1. The van der Waals surface area contributed by atoms with Crippen LogP contribution in [0.5, 0.6) is 0 Å². The summed E-state index contributed by atoms with van der Waals surface area (Å²) in [5.41, 5.74) is -2.01. The molecule has 0 bridgehead atoms. The molecule has 5 heteroatoms. The van der Waals surface area contributed by atoms with Gasteiger partial charge in [0.1, 0.15) is 6.61 Å². The van der Waals surface area contributed by atoms with Crippen LogP contribution in [0.15, 0.2) is 18.2 Å². The first-order chi connectivity index (χ1) is 6.50. The second-order valence-electron chi connectivity index (χ2n) is 2.51. The molecule has 0 atom stereocenters. The predicted octanol–water partition coefficient (Wildman–Crippen LogP) is 2.46. The zero-order valence-electron chi connectivity index (χ0n) is 6.84. The number of hydrogen-bond donors (Lipinski definition) is 1. The molecule has 0 saturated carbocycles. The van der Waals surface area contributed by atoms with Crippen LogP contribution in [0.1, 0.15) is 16.7 Å². The topological polar surface area (TPSA) is 44.0 Å². The molecule has 0 unspecified atom stereocenters. The molecule has 1 radical (unpaired) electrons. The standard InChI is InChI=1S/C9H5F3NO/c10-9(11,12)8-6(4-13)2-1-3-7(8)5-14/h1-3,5,14H. The first kappa shape index (κ1) is 10.5. The summed E-state index contributed by atoms with van der Waals surface area (Å²) in [4.78, 5) is 0. The van der Waals surface area contributed by atoms with Gasteiger partial charge in [-0.25, -0.2) is 0 Å². The molecule has 0 heterocycles. The molecule has 0 spiro atoms. The fourth-order valence-corrected chi connectivity index (χ4v) is 1.09. The SMILES string of the molecule is N#Cc1cccc([CH]O)c1C(F)(F)F. The van der Waals surface area contributed by atoms with Gasteiger partial charge in [0.05, 0.1) is 17.2 Å². The Morgan fingerprint density at radius 2 is 2.00 bits per heavy atom. The zero-order chi connectivity index (χ0) is 10.8. The van der Waals surface area contributed by atoms with E-state index in [-0.39, 0.29) is 0 Å². The average Bonchev–Trinajstić information content (AvgIpc) is 2.15. The third-order valence-corrected chi connectivity index (χ3v) is 1.64. The van der Waals surface area contributed by atoms with Crippen molar-refractivity contribution in [3.05, 3.63) is 41.5 Å². The van der Waals surface area contributed by atoms with Crippen LogP contribution in [-0.4, -0.2) is 5.11 Å². The first-order valence-electron chi connectivity index (χ1n) is 3.58. The Balaban J connectivity index is 3.44. The molecule has 1 aromatic carbocycles. The summed E-state index contributed by atoms with van der Waals surface area (Å²) in [6.45, 7) is 0.337. The molecule has 0 aromatic heterocycles. The third-order valence-electron chi connectivity index (χ3n) is 1.64. The maximum atomic E-state index is 12.4. The van der Waals surface area contributed by atoms with Crippen LogP contribution in [0.4, 0.5) is 13.2 Å². The third kappa shape index (κ3) is 1.86. The molecule has 0 aliphatic heterocycles. The maximum absolute atomic E-state index is 12.4. The highest BCUT2D eigenvalue weighted by Gasteiger charge is 2.35. The van der Waals surface area contributed by atoms with Crippen molar-refractivity contribution in [1.29, 1.82) is 5.26 Å². The molecule has 1 rings (SSSR count). The number of nitrogens with zero attached hydrogens (tertiary/aromatic N) is 1. The Morgan fingerprint density at radius 1 is 1.36 bits per heavy atom. The molecule has 0 aliphatic rings. The normalized spacial score (nSPS) is 11.1. The fourth-order valence-electron chi connectivity index (χ4n) is 1.09. The Bertz CT molecular complexity index is 379. The molecule has 14 heavy (non-hydrogen) atoms. The van der Waals surface area contributed by atoms with Gasteiger partial charge in [0.2, 0.25) is 0 Å². The summed E-state index contributed by atoms with van der Waals surface area (Å²) in [7, 11) is 0. The lowest BCUT2D eigenvalue weighted by molar-refractivity contribution is -0.138. The van der Waals surface area contributed by atoms with Crippen LogP contribution in [0.2, 0.25) is 0 Å². The summed E-state index contributed by atoms with van der Waals surface area (Å²) in [6, 6.07) is 4.84. The maximum Gasteiger partial charge on any atom is 0.418 e. The summed E-state index contributed by atoms with van der Waals surface area (Å²) < 4.78 is 37.2. The molecule has 0 aliphatic carbocycles. The van der Waals surface area contributed by atoms with Crippen LogP contribution in [-0.2, 0) is 6.18 Å². The van der Waals surface area contributed by atoms with Gasteiger partial charge in [0.25, 0.3) is 0 Å². The monoisotopic (exact) mass is 200 g/mol. The largest absolute Gasteiger partial charge is 0.418 e. The highest BCUT2D eigenvalue weighted by Crippen LogP contribution is 2.34. The van der Waals surface area contributed by atoms with E-state index in [1.165, 1.54) is 12.1 Å². The van der Waals surface area contributed by atoms with Crippen molar-refractivity contribution in [1.82, 2.24) is 0 Å². The van der Waals surface area contributed by atoms with E-state index in [0.29, 0.717) is 6.61 Å². The molecular weight excluding hydrogens is 195 g/mol. The van der Waals surface area contributed by atoms with Gasteiger partial charge in [-0.3, -0.25) is 0 Å². The fraction of sp³-hybridized carbons (Fsp3) is 0.111. The van der Waals surface area contributed by atoms with Crippen LogP contribution < -0.4 is 0 Å². The van der Waals surface area contributed by atoms with Gasteiger partial charge in [-0.1, -0.05) is 12.1 Å². The Kier molecular flexibility index (Phi) is 2.77. The van der Waals surface area contributed by atoms with Gasteiger partial charge in [0, 0.05) is 0 Å². The minimum Gasteiger partial charge on any atom is -0.385 e. The van der Waals surface area contributed by atoms with Crippen molar-refractivity contribution in [2.24, 2.45) is 0 Å². The van der Waals surface area contributed by atoms with Crippen LogP contribution >= 0.6 is 0 Å². The quantitative estimate of drug-likeness (QED) is 0.756. The van der Waals surface area contributed by atoms with Gasteiger partial charge >= 0.3 is 6.18 Å². The number of alkyl halides is 3. The molecule has 2 nitrogen and oxygen atoms in total. The highest BCUT2D eigenvalue weighted by molar-refractivity contribution is 5.46. The molecule has 0 fully saturated rings. The first-order valence-corrected chi connectivity index (χ1v) is 3.58. The van der Waals surface area contributed by atoms with Crippen molar-refractivity contribution in [2.75, 3.05) is 0 Å². The Labute approximate surface area is 78.2 Å². The highest BCUT2D eigenvalue weighted by atomic mass is 19.4. The molecule has 0 saturated heterocycles. The van der Waals surface area contributed by atoms with Crippen molar-refractivity contribution in [3.63, 3.8) is 0 Å². The summed E-state index contributed by atoms with van der Waals surface area (Å²) in [6.07, 6.45) is -4.64. The number of aliphatic hydroxyl groups is 1. The second-order valence-corrected chi connectivity index (χ2v) is 2.51. The molecule has 1 aromatic rings. The molecule has 0 amide bonds. The number of aliphatic hydroxyl groups excluding tert-OH is 1. The summed E-state index contributed by atoms with van der Waals surface area (Å²) >= 11 is 0. The van der Waals surface area contributed by atoms with Crippen LogP contribution in [0.25, 0.3) is 0 Å². The van der Waals surface area contributed by atoms with E-state index in [4.69, 9.17) is 10.4 Å². The predicted molar refractivity (Wildman–Crippen MR) is 41.5 cm³/mol. The van der Waals surface area contributed by atoms with Crippen LogP contribution in [0.3, 0.4) is 0 Å². The minimum absolute atomic E-state index is 0.337. The van der Waals surface area contributed by atoms with E-state index in [1.54, 1.807) is 0 Å². The number of nitriles is 1. The van der Waals surface area contributed by atoms with E-state index in [9.17, 15) is 13.2 Å². The van der Waals surface area contributed by atoms with E-state index >= 15 is 0 Å². The zero-order valence-corrected chi connectivity index (χ0v) is 6.84. The van der Waals surface area contributed by atoms with Gasteiger partial charge in [-0.15, -0.1) is 0 Å². The molecule has 73 valence electrons. The van der Waals surface area contributed by atoms with Crippen LogP contribution in [0, 0.1) is 17.9 Å². The number of rotatable bonds is 1. The van der Waals surface area contributed by atoms with E-state index < -0.39 is 22.9 Å². The Morgan fingerprint density at radius 3 is 2.43 bits per heavy atom. The van der Waals surface area contributed by atoms with Crippen molar-refractivity contribution in [3.8, 4) is 6.07 Å². The second kappa shape index (κ2) is 3.68. The molecule has 1 N–H and O–H groups in total. The average molecular weight is 200 g/mol. The number of hydrogen-bond acceptors (Lipinski definition) is 2. The van der Waals surface area contributed by atoms with Crippen molar-refractivity contribution in [2.45, 2.75) is 6.18 Å². The van der Waals surface area contributed by atoms with Crippen molar-refractivity contribution < 1.29 is 18.3 Å².